The molecule has 0 spiro atoms. The highest BCUT2D eigenvalue weighted by atomic mass is 15.1. The van der Waals surface area contributed by atoms with Gasteiger partial charge in [-0.1, -0.05) is 200 Å². The topological polar surface area (TPSA) is 3.24 Å². The first-order valence-corrected chi connectivity index (χ1v) is 20.3. The normalized spacial score (nSPS) is 11.4. The van der Waals surface area contributed by atoms with Crippen molar-refractivity contribution < 1.29 is 0 Å². The minimum atomic E-state index is 1.09. The Morgan fingerprint density at radius 1 is 0.237 bits per heavy atom. The summed E-state index contributed by atoms with van der Waals surface area (Å²) in [5.41, 5.74) is 12.9. The van der Waals surface area contributed by atoms with E-state index >= 15 is 0 Å². The van der Waals surface area contributed by atoms with E-state index in [1.807, 2.05) is 0 Å². The van der Waals surface area contributed by atoms with E-state index in [-0.39, 0.29) is 0 Å². The van der Waals surface area contributed by atoms with Gasteiger partial charge in [0.1, 0.15) is 0 Å². The van der Waals surface area contributed by atoms with Crippen LogP contribution in [0.3, 0.4) is 0 Å². The first kappa shape index (κ1) is 34.5. The van der Waals surface area contributed by atoms with Gasteiger partial charge in [0.25, 0.3) is 0 Å². The summed E-state index contributed by atoms with van der Waals surface area (Å²) in [6, 6.07) is 86.3. The number of benzene rings is 11. The Morgan fingerprint density at radius 3 is 1.34 bits per heavy atom. The molecule has 0 amide bonds. The molecule has 11 aromatic rings. The Bertz CT molecular complexity index is 3260. The number of nitrogens with zero attached hydrogens (tertiary/aromatic N) is 1. The summed E-state index contributed by atoms with van der Waals surface area (Å²) in [4.78, 5) is 2.45. The molecule has 0 unspecified atom stereocenters. The van der Waals surface area contributed by atoms with Gasteiger partial charge < -0.3 is 4.90 Å². The van der Waals surface area contributed by atoms with Crippen LogP contribution >= 0.6 is 0 Å². The van der Waals surface area contributed by atoms with Gasteiger partial charge >= 0.3 is 0 Å². The zero-order chi connectivity index (χ0) is 39.1. The fraction of sp³-hybridized carbons (Fsp3) is 0. The Morgan fingerprint density at radius 2 is 0.712 bits per heavy atom. The van der Waals surface area contributed by atoms with Gasteiger partial charge in [-0.05, 0) is 118 Å². The standard InChI is InChI=1S/C58H39N/c1-4-16-40(17-5-1)45-31-37-57(55(38-45)42-20-8-3-9-21-42)59(47-34-36-54-52-26-13-12-24-50(52)51-25-14-15-27-53(51)56(54)39-47)46-32-28-44(29-33-46)58-48-23-11-10-22-43(48)30-35-49(58)41-18-6-2-7-19-41/h1-39H. The fourth-order valence-corrected chi connectivity index (χ4v) is 9.07. The van der Waals surface area contributed by atoms with Crippen molar-refractivity contribution in [2.75, 3.05) is 4.90 Å². The van der Waals surface area contributed by atoms with Crippen LogP contribution in [0.25, 0.3) is 87.6 Å². The molecule has 276 valence electrons. The quantitative estimate of drug-likeness (QED) is 0.147. The summed E-state index contributed by atoms with van der Waals surface area (Å²) in [7, 11) is 0. The van der Waals surface area contributed by atoms with Gasteiger partial charge in [0, 0.05) is 16.9 Å². The molecule has 0 heterocycles. The van der Waals surface area contributed by atoms with Crippen LogP contribution in [0.2, 0.25) is 0 Å². The fourth-order valence-electron chi connectivity index (χ4n) is 9.07. The van der Waals surface area contributed by atoms with E-state index in [0.717, 1.165) is 17.1 Å². The molecule has 0 saturated heterocycles. The SMILES string of the molecule is c1ccc(-c2ccc(N(c3ccc(-c4c(-c5ccccc5)ccc5ccccc45)cc3)c3ccc4c5ccccc5c5ccccc5c4c3)c(-c3ccccc3)c2)cc1. The van der Waals surface area contributed by atoms with E-state index < -0.39 is 0 Å². The van der Waals surface area contributed by atoms with Gasteiger partial charge in [-0.3, -0.25) is 0 Å². The van der Waals surface area contributed by atoms with Crippen LogP contribution in [-0.4, -0.2) is 0 Å². The van der Waals surface area contributed by atoms with E-state index in [4.69, 9.17) is 0 Å². The van der Waals surface area contributed by atoms with Gasteiger partial charge in [-0.15, -0.1) is 0 Å². The lowest BCUT2D eigenvalue weighted by atomic mass is 9.89. The van der Waals surface area contributed by atoms with Crippen molar-refractivity contribution in [1.82, 2.24) is 0 Å². The average molecular weight is 750 g/mol. The summed E-state index contributed by atoms with van der Waals surface area (Å²) >= 11 is 0. The predicted molar refractivity (Wildman–Crippen MR) is 253 cm³/mol. The Kier molecular flexibility index (Phi) is 8.56. The summed E-state index contributed by atoms with van der Waals surface area (Å²) in [6.45, 7) is 0. The molecule has 11 rings (SSSR count). The first-order valence-electron chi connectivity index (χ1n) is 20.3. The average Bonchev–Trinajstić information content (AvgIpc) is 3.32. The largest absolute Gasteiger partial charge is 0.310 e. The zero-order valence-corrected chi connectivity index (χ0v) is 32.5. The maximum absolute atomic E-state index is 2.45. The molecule has 1 nitrogen and oxygen atoms in total. The molecular formula is C58H39N. The summed E-state index contributed by atoms with van der Waals surface area (Å²) in [5.74, 6) is 0. The molecule has 11 aromatic carbocycles. The predicted octanol–water partition coefficient (Wildman–Crippen LogP) is 16.4. The smallest absolute Gasteiger partial charge is 0.0540 e. The Hall–Kier alpha value is -7.74. The Balaban J connectivity index is 1.16. The highest BCUT2D eigenvalue weighted by Crippen LogP contribution is 2.46. The summed E-state index contributed by atoms with van der Waals surface area (Å²) in [6.07, 6.45) is 0. The lowest BCUT2D eigenvalue weighted by Gasteiger charge is -2.29. The van der Waals surface area contributed by atoms with Crippen LogP contribution in [0.5, 0.6) is 0 Å². The van der Waals surface area contributed by atoms with E-state index in [1.165, 1.54) is 87.6 Å². The van der Waals surface area contributed by atoms with E-state index in [1.54, 1.807) is 0 Å². The van der Waals surface area contributed by atoms with Crippen LogP contribution in [0.15, 0.2) is 237 Å². The van der Waals surface area contributed by atoms with Crippen molar-refractivity contribution >= 4 is 60.2 Å². The molecule has 0 aliphatic carbocycles. The van der Waals surface area contributed by atoms with Crippen molar-refractivity contribution in [2.45, 2.75) is 0 Å². The third-order valence-corrected chi connectivity index (χ3v) is 11.8. The number of hydrogen-bond donors (Lipinski definition) is 0. The first-order chi connectivity index (χ1) is 29.3. The molecule has 0 fully saturated rings. The molecule has 0 aromatic heterocycles. The highest BCUT2D eigenvalue weighted by Gasteiger charge is 2.21. The van der Waals surface area contributed by atoms with Crippen molar-refractivity contribution in [1.29, 1.82) is 0 Å². The number of fused-ring (bicyclic) bond motifs is 7. The van der Waals surface area contributed by atoms with Crippen LogP contribution in [0.4, 0.5) is 17.1 Å². The minimum absolute atomic E-state index is 1.09. The van der Waals surface area contributed by atoms with Gasteiger partial charge in [-0.25, -0.2) is 0 Å². The molecule has 0 saturated carbocycles. The molecular weight excluding hydrogens is 711 g/mol. The van der Waals surface area contributed by atoms with Crippen LogP contribution in [0.1, 0.15) is 0 Å². The van der Waals surface area contributed by atoms with Gasteiger partial charge in [0.2, 0.25) is 0 Å². The zero-order valence-electron chi connectivity index (χ0n) is 32.5. The lowest BCUT2D eigenvalue weighted by molar-refractivity contribution is 1.29. The van der Waals surface area contributed by atoms with Gasteiger partial charge in [0.05, 0.1) is 5.69 Å². The highest BCUT2D eigenvalue weighted by molar-refractivity contribution is 6.26. The van der Waals surface area contributed by atoms with Crippen molar-refractivity contribution in [3.8, 4) is 44.5 Å². The third kappa shape index (κ3) is 6.12. The second-order valence-electron chi connectivity index (χ2n) is 15.2. The lowest BCUT2D eigenvalue weighted by Crippen LogP contribution is -2.11. The molecule has 0 atom stereocenters. The molecule has 1 heteroatoms. The maximum atomic E-state index is 2.45. The Labute approximate surface area is 344 Å². The van der Waals surface area contributed by atoms with Crippen molar-refractivity contribution in [2.24, 2.45) is 0 Å². The molecule has 0 radical (unpaired) electrons. The van der Waals surface area contributed by atoms with Crippen LogP contribution < -0.4 is 4.90 Å². The van der Waals surface area contributed by atoms with E-state index in [2.05, 4.69) is 241 Å². The molecule has 0 N–H and O–H groups in total. The van der Waals surface area contributed by atoms with E-state index in [9.17, 15) is 0 Å². The van der Waals surface area contributed by atoms with Crippen molar-refractivity contribution in [3.05, 3.63) is 237 Å². The van der Waals surface area contributed by atoms with Crippen LogP contribution in [0, 0.1) is 0 Å². The number of hydrogen-bond acceptors (Lipinski definition) is 1. The second-order valence-corrected chi connectivity index (χ2v) is 15.2. The van der Waals surface area contributed by atoms with Gasteiger partial charge in [-0.2, -0.15) is 0 Å². The molecule has 0 bridgehead atoms. The third-order valence-electron chi connectivity index (χ3n) is 11.8. The molecule has 0 aliphatic rings. The molecule has 0 aliphatic heterocycles. The van der Waals surface area contributed by atoms with Crippen molar-refractivity contribution in [3.63, 3.8) is 0 Å². The molecule has 59 heavy (non-hydrogen) atoms. The van der Waals surface area contributed by atoms with Gasteiger partial charge in [0.15, 0.2) is 0 Å². The van der Waals surface area contributed by atoms with E-state index in [0.29, 0.717) is 0 Å². The number of anilines is 3. The number of rotatable bonds is 7. The maximum Gasteiger partial charge on any atom is 0.0540 e. The second kappa shape index (κ2) is 14.6. The summed E-state index contributed by atoms with van der Waals surface area (Å²) in [5, 5.41) is 10.0. The summed E-state index contributed by atoms with van der Waals surface area (Å²) < 4.78 is 0. The monoisotopic (exact) mass is 749 g/mol. The van der Waals surface area contributed by atoms with Crippen LogP contribution in [-0.2, 0) is 0 Å². The minimum Gasteiger partial charge on any atom is -0.310 e.